The van der Waals surface area contributed by atoms with Crippen LogP contribution in [0.25, 0.3) is 0 Å². The summed E-state index contributed by atoms with van der Waals surface area (Å²) in [6.07, 6.45) is 8.99. The SMILES string of the molecule is C=C(/C=C(/C=O)N=CC)Nc1ccc2c(c1)CC1(C2)C(=O)Nc2ncccc21.CCC1Cc2ccc(F)cc2N1C. The molecule has 1 aromatic heterocycles. The van der Waals surface area contributed by atoms with E-state index in [2.05, 4.69) is 39.0 Å². The summed E-state index contributed by atoms with van der Waals surface area (Å²) in [7, 11) is 2.04. The van der Waals surface area contributed by atoms with Gasteiger partial charge in [0.25, 0.3) is 0 Å². The number of rotatable bonds is 6. The van der Waals surface area contributed by atoms with Gasteiger partial charge in [-0.3, -0.25) is 14.6 Å². The molecule has 2 atom stereocenters. The molecule has 3 aromatic rings. The van der Waals surface area contributed by atoms with Crippen molar-refractivity contribution >= 4 is 35.6 Å². The van der Waals surface area contributed by atoms with Crippen molar-refractivity contribution in [2.75, 3.05) is 22.6 Å². The van der Waals surface area contributed by atoms with Gasteiger partial charge in [0.15, 0.2) is 6.29 Å². The highest BCUT2D eigenvalue weighted by Crippen LogP contribution is 2.47. The van der Waals surface area contributed by atoms with Gasteiger partial charge in [-0.1, -0.05) is 31.7 Å². The van der Waals surface area contributed by atoms with Gasteiger partial charge in [-0.15, -0.1) is 0 Å². The molecule has 3 heterocycles. The Morgan fingerprint density at radius 1 is 1.22 bits per heavy atom. The number of nitrogens with one attached hydrogen (secondary N) is 2. The highest BCUT2D eigenvalue weighted by molar-refractivity contribution is 6.06. The fourth-order valence-corrected chi connectivity index (χ4v) is 6.04. The molecule has 210 valence electrons. The molecule has 1 amide bonds. The molecule has 2 N–H and O–H groups in total. The fraction of sp³-hybridized carbons (Fsp3) is 0.273. The van der Waals surface area contributed by atoms with Gasteiger partial charge >= 0.3 is 0 Å². The van der Waals surface area contributed by atoms with Crippen LogP contribution in [-0.2, 0) is 34.3 Å². The lowest BCUT2D eigenvalue weighted by molar-refractivity contribution is -0.120. The maximum absolute atomic E-state index is 12.9. The zero-order valence-corrected chi connectivity index (χ0v) is 23.6. The number of pyridine rings is 1. The number of aldehydes is 1. The Labute approximate surface area is 239 Å². The molecule has 1 spiro atoms. The average molecular weight is 552 g/mol. The molecule has 0 radical (unpaired) electrons. The normalized spacial score (nSPS) is 20.3. The van der Waals surface area contributed by atoms with Crippen molar-refractivity contribution in [3.05, 3.63) is 107 Å². The van der Waals surface area contributed by atoms with Crippen LogP contribution in [0.5, 0.6) is 0 Å². The van der Waals surface area contributed by atoms with E-state index >= 15 is 0 Å². The predicted octanol–water partition coefficient (Wildman–Crippen LogP) is 5.77. The minimum atomic E-state index is -0.581. The largest absolute Gasteiger partial charge is 0.371 e. The number of allylic oxidation sites excluding steroid dienone is 2. The summed E-state index contributed by atoms with van der Waals surface area (Å²) in [6, 6.07) is 15.5. The van der Waals surface area contributed by atoms with Crippen molar-refractivity contribution in [3.63, 3.8) is 0 Å². The number of halogens is 1. The lowest BCUT2D eigenvalue weighted by Crippen LogP contribution is -2.35. The highest BCUT2D eigenvalue weighted by Gasteiger charge is 2.51. The maximum atomic E-state index is 12.9. The number of fused-ring (bicyclic) bond motifs is 4. The van der Waals surface area contributed by atoms with Gasteiger partial charge in [0.1, 0.15) is 17.3 Å². The number of nitrogens with zero attached hydrogens (tertiary/aromatic N) is 3. The first-order valence-corrected chi connectivity index (χ1v) is 13.8. The third-order valence-corrected chi connectivity index (χ3v) is 8.11. The first-order valence-electron chi connectivity index (χ1n) is 13.8. The first-order chi connectivity index (χ1) is 19.8. The van der Waals surface area contributed by atoms with E-state index in [0.717, 1.165) is 40.9 Å². The Hall–Kier alpha value is -4.59. The quantitative estimate of drug-likeness (QED) is 0.176. The molecule has 41 heavy (non-hydrogen) atoms. The van der Waals surface area contributed by atoms with E-state index in [1.165, 1.54) is 5.56 Å². The van der Waals surface area contributed by atoms with Crippen molar-refractivity contribution in [1.29, 1.82) is 0 Å². The van der Waals surface area contributed by atoms with Gasteiger partial charge in [0.05, 0.1) is 5.41 Å². The van der Waals surface area contributed by atoms with Crippen LogP contribution < -0.4 is 15.5 Å². The Morgan fingerprint density at radius 2 is 2.00 bits per heavy atom. The minimum absolute atomic E-state index is 0.00676. The van der Waals surface area contributed by atoms with Gasteiger partial charge in [-0.05, 0) is 85.7 Å². The van der Waals surface area contributed by atoms with Crippen LogP contribution in [0.3, 0.4) is 0 Å². The van der Waals surface area contributed by atoms with E-state index in [1.807, 2.05) is 43.4 Å². The van der Waals surface area contributed by atoms with Crippen LogP contribution in [0.2, 0.25) is 0 Å². The molecule has 8 heteroatoms. The Balaban J connectivity index is 0.000000216. The number of benzene rings is 2. The van der Waals surface area contributed by atoms with Crippen LogP contribution >= 0.6 is 0 Å². The first kappa shape index (κ1) is 28.0. The number of amides is 1. The number of carbonyl (C=O) groups excluding carboxylic acids is 2. The highest BCUT2D eigenvalue weighted by atomic mass is 19.1. The van der Waals surface area contributed by atoms with Gasteiger partial charge < -0.3 is 15.5 Å². The molecule has 3 aliphatic rings. The van der Waals surface area contributed by atoms with Crippen molar-refractivity contribution in [2.45, 2.75) is 51.0 Å². The summed E-state index contributed by atoms with van der Waals surface area (Å²) < 4.78 is 12.9. The monoisotopic (exact) mass is 551 g/mol. The number of aliphatic imine (C=N–C) groups is 1. The van der Waals surface area contributed by atoms with E-state index in [9.17, 15) is 14.0 Å². The zero-order valence-electron chi connectivity index (χ0n) is 23.6. The standard InChI is InChI=1S/C22H20N4O2.C11H14FN/c1-3-23-18(13-27)9-14(2)25-17-7-6-15-11-22(12-16(15)10-17)19-5-4-8-24-20(19)26-21(22)28;1-3-10-6-8-4-5-9(12)7-11(8)13(10)2/h3-10,13,25H,2,11-12H2,1H3,(H,24,26,28);4-5,7,10H,3,6H2,1-2H3/b18-9-,23-3?;. The molecule has 2 unspecified atom stereocenters. The molecular weight excluding hydrogens is 517 g/mol. The molecule has 6 rings (SSSR count). The van der Waals surface area contributed by atoms with Crippen molar-refractivity contribution in [3.8, 4) is 0 Å². The summed E-state index contributed by atoms with van der Waals surface area (Å²) in [6.45, 7) is 7.85. The van der Waals surface area contributed by atoms with Gasteiger partial charge in [-0.2, -0.15) is 0 Å². The number of carbonyl (C=O) groups is 2. The summed E-state index contributed by atoms with van der Waals surface area (Å²) in [5.74, 6) is 0.532. The second-order valence-electron chi connectivity index (χ2n) is 10.6. The summed E-state index contributed by atoms with van der Waals surface area (Å²) in [4.78, 5) is 34.2. The molecule has 7 nitrogen and oxygen atoms in total. The fourth-order valence-electron chi connectivity index (χ4n) is 6.04. The van der Waals surface area contributed by atoms with Crippen molar-refractivity contribution in [2.24, 2.45) is 4.99 Å². The second-order valence-corrected chi connectivity index (χ2v) is 10.6. The molecule has 0 saturated heterocycles. The third kappa shape index (κ3) is 5.42. The van der Waals surface area contributed by atoms with Crippen LogP contribution in [0, 0.1) is 5.82 Å². The number of hydrogen-bond acceptors (Lipinski definition) is 6. The van der Waals surface area contributed by atoms with Crippen LogP contribution in [-0.4, -0.2) is 36.5 Å². The summed E-state index contributed by atoms with van der Waals surface area (Å²) in [5.41, 5.74) is 6.71. The van der Waals surface area contributed by atoms with E-state index in [1.54, 1.807) is 37.5 Å². The number of hydrogen-bond donors (Lipinski definition) is 2. The predicted molar refractivity (Wildman–Crippen MR) is 162 cm³/mol. The Morgan fingerprint density at radius 3 is 2.76 bits per heavy atom. The Kier molecular flexibility index (Phi) is 7.83. The third-order valence-electron chi connectivity index (χ3n) is 8.11. The molecule has 2 aliphatic heterocycles. The van der Waals surface area contributed by atoms with E-state index in [-0.39, 0.29) is 11.7 Å². The van der Waals surface area contributed by atoms with Crippen molar-refractivity contribution in [1.82, 2.24) is 4.98 Å². The van der Waals surface area contributed by atoms with Crippen molar-refractivity contribution < 1.29 is 14.0 Å². The van der Waals surface area contributed by atoms with E-state index in [0.29, 0.717) is 42.4 Å². The lowest BCUT2D eigenvalue weighted by atomic mass is 9.79. The van der Waals surface area contributed by atoms with Crippen LogP contribution in [0.15, 0.2) is 83.8 Å². The topological polar surface area (TPSA) is 86.7 Å². The maximum Gasteiger partial charge on any atom is 0.237 e. The minimum Gasteiger partial charge on any atom is -0.371 e. The van der Waals surface area contributed by atoms with E-state index < -0.39 is 5.41 Å². The zero-order chi connectivity index (χ0) is 29.1. The molecule has 0 saturated carbocycles. The Bertz CT molecular complexity index is 1580. The molecule has 2 aromatic carbocycles. The number of anilines is 3. The van der Waals surface area contributed by atoms with Crippen LogP contribution in [0.1, 0.15) is 42.5 Å². The second kappa shape index (κ2) is 11.5. The van der Waals surface area contributed by atoms with E-state index in [4.69, 9.17) is 0 Å². The van der Waals surface area contributed by atoms with Crippen LogP contribution in [0.4, 0.5) is 21.6 Å². The molecule has 0 fully saturated rings. The lowest BCUT2D eigenvalue weighted by Gasteiger charge is -2.20. The molecule has 1 aliphatic carbocycles. The number of aromatic nitrogens is 1. The smallest absolute Gasteiger partial charge is 0.237 e. The summed E-state index contributed by atoms with van der Waals surface area (Å²) in [5, 5.41) is 6.11. The number of likely N-dealkylation sites (N-methyl/N-ethyl adjacent to an activating group) is 1. The molecular formula is C33H34FN5O2. The summed E-state index contributed by atoms with van der Waals surface area (Å²) >= 11 is 0. The average Bonchev–Trinajstić information content (AvgIpc) is 3.59. The van der Waals surface area contributed by atoms with Gasteiger partial charge in [0, 0.05) is 48.1 Å². The van der Waals surface area contributed by atoms with Gasteiger partial charge in [-0.25, -0.2) is 9.37 Å². The van der Waals surface area contributed by atoms with Gasteiger partial charge in [0.2, 0.25) is 5.91 Å². The molecule has 0 bridgehead atoms.